The molecule has 0 N–H and O–H groups in total. The van der Waals surface area contributed by atoms with Gasteiger partial charge in [0.25, 0.3) is 0 Å². The van der Waals surface area contributed by atoms with Crippen molar-refractivity contribution in [3.8, 4) is 0 Å². The molecule has 0 aliphatic heterocycles. The van der Waals surface area contributed by atoms with E-state index in [4.69, 9.17) is 0 Å². The molecule has 0 saturated heterocycles. The van der Waals surface area contributed by atoms with Gasteiger partial charge in [-0.2, -0.15) is 56.6 Å². The molecule has 0 radical (unpaired) electrons. The first-order chi connectivity index (χ1) is 8.25. The van der Waals surface area contributed by atoms with E-state index in [1.165, 1.54) is 44.5 Å². The van der Waals surface area contributed by atoms with E-state index >= 15 is 0 Å². The van der Waals surface area contributed by atoms with Crippen LogP contribution in [0.1, 0.15) is 44.5 Å². The largest absolute Gasteiger partial charge is 4.00 e. The Labute approximate surface area is 147 Å². The van der Waals surface area contributed by atoms with Crippen molar-refractivity contribution >= 4 is 0 Å². The van der Waals surface area contributed by atoms with Gasteiger partial charge < -0.3 is 9.41 Å². The van der Waals surface area contributed by atoms with E-state index in [0.29, 0.717) is 0 Å². The Morgan fingerprint density at radius 3 is 0.905 bits per heavy atom. The molecule has 21 heavy (non-hydrogen) atoms. The zero-order valence-corrected chi connectivity index (χ0v) is 16.9. The standard InChI is InChI=1S/2C9H13.2FH.Zr/c2*1-6-5-7(2)9(4)8(6)3;;;/h2*5H,1-4H3;2*1H;/q2*-1;;;+4/p-2. The Hall–Kier alpha value is -0.557. The molecule has 3 heteroatoms. The zero-order chi connectivity index (χ0) is 14.0. The number of rotatable bonds is 0. The SMILES string of the molecule is Cc1c[c-](C)c(C)c1C.Cc1c[c-](C)c(C)c1C.[F-].[F-].[Zr+4]. The second-order valence-electron chi connectivity index (χ2n) is 5.52. The van der Waals surface area contributed by atoms with Crippen molar-refractivity contribution < 1.29 is 35.6 Å². The second kappa shape index (κ2) is 10.2. The topological polar surface area (TPSA) is 0 Å². The van der Waals surface area contributed by atoms with Crippen molar-refractivity contribution in [1.82, 2.24) is 0 Å². The van der Waals surface area contributed by atoms with E-state index in [1.54, 1.807) is 0 Å². The van der Waals surface area contributed by atoms with Crippen molar-refractivity contribution in [3.05, 3.63) is 56.6 Å². The molecule has 0 aliphatic carbocycles. The molecule has 2 rings (SSSR count). The van der Waals surface area contributed by atoms with Crippen LogP contribution in [0, 0.1) is 55.4 Å². The fourth-order valence-corrected chi connectivity index (χ4v) is 2.27. The molecule has 0 spiro atoms. The molecule has 0 aliphatic rings. The van der Waals surface area contributed by atoms with Crippen LogP contribution in [-0.2, 0) is 26.2 Å². The van der Waals surface area contributed by atoms with Crippen LogP contribution >= 0.6 is 0 Å². The summed E-state index contributed by atoms with van der Waals surface area (Å²) in [7, 11) is 0. The Balaban J connectivity index is -0.000000270. The van der Waals surface area contributed by atoms with E-state index < -0.39 is 0 Å². The molecule has 0 atom stereocenters. The zero-order valence-electron chi connectivity index (χ0n) is 14.4. The van der Waals surface area contributed by atoms with Crippen LogP contribution in [0.3, 0.4) is 0 Å². The second-order valence-corrected chi connectivity index (χ2v) is 5.52. The predicted octanol–water partition coefficient (Wildman–Crippen LogP) is -0.716. The number of halogens is 2. The third-order valence-corrected chi connectivity index (χ3v) is 4.36. The summed E-state index contributed by atoms with van der Waals surface area (Å²) in [5.74, 6) is 0. The average molecular weight is 372 g/mol. The van der Waals surface area contributed by atoms with E-state index in [2.05, 4.69) is 67.5 Å². The maximum atomic E-state index is 2.24. The fraction of sp³-hybridized carbons (Fsp3) is 0.444. The molecular weight excluding hydrogens is 345 g/mol. The summed E-state index contributed by atoms with van der Waals surface area (Å²) in [5.41, 5.74) is 11.5. The number of hydrogen-bond donors (Lipinski definition) is 0. The summed E-state index contributed by atoms with van der Waals surface area (Å²) < 4.78 is 0. The molecule has 0 heterocycles. The van der Waals surface area contributed by atoms with Gasteiger partial charge in [-0.1, -0.05) is 55.4 Å². The van der Waals surface area contributed by atoms with E-state index in [1.807, 2.05) is 0 Å². The molecule has 0 amide bonds. The van der Waals surface area contributed by atoms with Crippen LogP contribution in [0.25, 0.3) is 0 Å². The van der Waals surface area contributed by atoms with E-state index in [0.717, 1.165) is 0 Å². The summed E-state index contributed by atoms with van der Waals surface area (Å²) in [6.45, 7) is 17.4. The minimum absolute atomic E-state index is 0. The van der Waals surface area contributed by atoms with Crippen LogP contribution in [-0.4, -0.2) is 0 Å². The third kappa shape index (κ3) is 5.98. The van der Waals surface area contributed by atoms with Gasteiger partial charge in [-0.3, -0.25) is 0 Å². The maximum absolute atomic E-state index is 2.24. The summed E-state index contributed by atoms with van der Waals surface area (Å²) in [5, 5.41) is 0. The molecule has 0 unspecified atom stereocenters. The van der Waals surface area contributed by atoms with Crippen LogP contribution in [0.2, 0.25) is 0 Å². The Morgan fingerprint density at radius 2 is 0.857 bits per heavy atom. The minimum Gasteiger partial charge on any atom is -1.00 e. The molecule has 0 aromatic heterocycles. The van der Waals surface area contributed by atoms with Gasteiger partial charge in [0.05, 0.1) is 0 Å². The van der Waals surface area contributed by atoms with Gasteiger partial charge in [-0.15, -0.1) is 0 Å². The van der Waals surface area contributed by atoms with Crippen molar-refractivity contribution in [3.63, 3.8) is 0 Å². The van der Waals surface area contributed by atoms with Gasteiger partial charge in [0.15, 0.2) is 0 Å². The summed E-state index contributed by atoms with van der Waals surface area (Å²) in [6, 6.07) is 4.48. The fourth-order valence-electron chi connectivity index (χ4n) is 2.27. The maximum Gasteiger partial charge on any atom is 4.00 e. The van der Waals surface area contributed by atoms with Gasteiger partial charge in [-0.25, -0.2) is 0 Å². The Morgan fingerprint density at radius 1 is 0.619 bits per heavy atom. The van der Waals surface area contributed by atoms with Crippen molar-refractivity contribution in [2.75, 3.05) is 0 Å². The average Bonchev–Trinajstić information content (AvgIpc) is 2.66. The van der Waals surface area contributed by atoms with Gasteiger partial charge >= 0.3 is 26.2 Å². The van der Waals surface area contributed by atoms with E-state index in [-0.39, 0.29) is 35.6 Å². The van der Waals surface area contributed by atoms with Gasteiger partial charge in [0, 0.05) is 0 Å². The van der Waals surface area contributed by atoms with Crippen molar-refractivity contribution in [1.29, 1.82) is 0 Å². The quantitative estimate of drug-likeness (QED) is 0.537. The number of aryl methyl sites for hydroxylation is 4. The van der Waals surface area contributed by atoms with Crippen LogP contribution in [0.5, 0.6) is 0 Å². The van der Waals surface area contributed by atoms with Gasteiger partial charge in [-0.05, 0) is 0 Å². The summed E-state index contributed by atoms with van der Waals surface area (Å²) in [6.07, 6.45) is 0. The third-order valence-electron chi connectivity index (χ3n) is 4.36. The van der Waals surface area contributed by atoms with Crippen LogP contribution in [0.15, 0.2) is 12.1 Å². The molecule has 2 aromatic rings. The van der Waals surface area contributed by atoms with E-state index in [9.17, 15) is 0 Å². The van der Waals surface area contributed by atoms with Crippen LogP contribution in [0.4, 0.5) is 0 Å². The van der Waals surface area contributed by atoms with Gasteiger partial charge in [0.2, 0.25) is 0 Å². The first-order valence-electron chi connectivity index (χ1n) is 6.65. The first-order valence-corrected chi connectivity index (χ1v) is 6.65. The van der Waals surface area contributed by atoms with Gasteiger partial charge in [0.1, 0.15) is 0 Å². The molecule has 0 nitrogen and oxygen atoms in total. The molecular formula is C18H26F2Zr. The van der Waals surface area contributed by atoms with Crippen LogP contribution < -0.4 is 9.41 Å². The smallest absolute Gasteiger partial charge is 1.00 e. The molecule has 0 saturated carbocycles. The normalized spacial score (nSPS) is 8.76. The predicted molar refractivity (Wildman–Crippen MR) is 82.0 cm³/mol. The Kier molecular flexibility index (Phi) is 12.4. The Bertz CT molecular complexity index is 453. The molecule has 116 valence electrons. The molecule has 2 aromatic carbocycles. The monoisotopic (exact) mass is 370 g/mol. The molecule has 0 fully saturated rings. The molecule has 0 bridgehead atoms. The first kappa shape index (κ1) is 25.4. The summed E-state index contributed by atoms with van der Waals surface area (Å²) >= 11 is 0. The number of hydrogen-bond acceptors (Lipinski definition) is 0. The summed E-state index contributed by atoms with van der Waals surface area (Å²) in [4.78, 5) is 0. The van der Waals surface area contributed by atoms with Crippen molar-refractivity contribution in [2.24, 2.45) is 0 Å². The van der Waals surface area contributed by atoms with Crippen molar-refractivity contribution in [2.45, 2.75) is 55.4 Å². The minimum atomic E-state index is 0.